The van der Waals surface area contributed by atoms with Gasteiger partial charge in [-0.25, -0.2) is 5.43 Å². The van der Waals surface area contributed by atoms with Crippen LogP contribution < -0.4 is 10.7 Å². The maximum atomic E-state index is 11.8. The van der Waals surface area contributed by atoms with Gasteiger partial charge in [-0.15, -0.1) is 0 Å². The molecule has 2 rings (SSSR count). The molecular weight excluding hydrogens is 294 g/mol. The monoisotopic (exact) mass is 305 g/mol. The fraction of sp³-hybridized carbons (Fsp3) is 0.0714. The van der Waals surface area contributed by atoms with E-state index in [9.17, 15) is 9.59 Å². The minimum Gasteiger partial charge on any atom is -0.463 e. The maximum Gasteiger partial charge on any atom is 0.259 e. The van der Waals surface area contributed by atoms with E-state index in [1.807, 2.05) is 0 Å². The standard InChI is InChI=1S/C14H12ClN3O3/c15-12-6-2-1-5-11(12)14(20)16-9-13(19)18-17-8-10-4-3-7-21-10/h1-8H,9H2,(H,16,20)(H,18,19)/b17-8+. The summed E-state index contributed by atoms with van der Waals surface area (Å²) in [5, 5.41) is 6.46. The average molecular weight is 306 g/mol. The molecule has 2 N–H and O–H groups in total. The van der Waals surface area contributed by atoms with Gasteiger partial charge >= 0.3 is 0 Å². The molecule has 0 unspecified atom stereocenters. The van der Waals surface area contributed by atoms with Crippen molar-refractivity contribution in [2.75, 3.05) is 6.54 Å². The van der Waals surface area contributed by atoms with Crippen molar-refractivity contribution in [1.82, 2.24) is 10.7 Å². The third kappa shape index (κ3) is 4.47. The Hall–Kier alpha value is -2.60. The molecule has 0 fully saturated rings. The van der Waals surface area contributed by atoms with Crippen LogP contribution in [0.4, 0.5) is 0 Å². The molecule has 6 nitrogen and oxygen atoms in total. The fourth-order valence-electron chi connectivity index (χ4n) is 1.47. The Kier molecular flexibility index (Phi) is 5.11. The van der Waals surface area contributed by atoms with Crippen LogP contribution in [0.3, 0.4) is 0 Å². The lowest BCUT2D eigenvalue weighted by Crippen LogP contribution is -2.35. The second-order valence-electron chi connectivity index (χ2n) is 3.97. The highest BCUT2D eigenvalue weighted by atomic mass is 35.5. The number of hydrazone groups is 1. The third-order valence-corrected chi connectivity index (χ3v) is 2.78. The molecule has 0 saturated carbocycles. The summed E-state index contributed by atoms with van der Waals surface area (Å²) >= 11 is 5.88. The van der Waals surface area contributed by atoms with Crippen LogP contribution in [0.5, 0.6) is 0 Å². The Morgan fingerprint density at radius 2 is 2.05 bits per heavy atom. The lowest BCUT2D eigenvalue weighted by atomic mass is 10.2. The summed E-state index contributed by atoms with van der Waals surface area (Å²) in [5.74, 6) is -0.376. The zero-order valence-electron chi connectivity index (χ0n) is 10.9. The van der Waals surface area contributed by atoms with E-state index >= 15 is 0 Å². The van der Waals surface area contributed by atoms with Gasteiger partial charge in [0.05, 0.1) is 29.6 Å². The molecule has 0 aliphatic carbocycles. The van der Waals surface area contributed by atoms with Crippen LogP contribution in [-0.4, -0.2) is 24.6 Å². The van der Waals surface area contributed by atoms with Crippen LogP contribution in [0.25, 0.3) is 0 Å². The Morgan fingerprint density at radius 1 is 1.24 bits per heavy atom. The summed E-state index contributed by atoms with van der Waals surface area (Å²) in [6.07, 6.45) is 2.85. The highest BCUT2D eigenvalue weighted by Crippen LogP contribution is 2.14. The molecule has 1 aromatic carbocycles. The largest absolute Gasteiger partial charge is 0.463 e. The summed E-state index contributed by atoms with van der Waals surface area (Å²) in [6.45, 7) is -0.209. The normalized spacial score (nSPS) is 10.5. The van der Waals surface area contributed by atoms with Crippen LogP contribution in [0.1, 0.15) is 16.1 Å². The number of carbonyl (C=O) groups is 2. The van der Waals surface area contributed by atoms with E-state index in [1.54, 1.807) is 36.4 Å². The predicted molar refractivity (Wildman–Crippen MR) is 78.2 cm³/mol. The third-order valence-electron chi connectivity index (χ3n) is 2.45. The van der Waals surface area contributed by atoms with Crippen molar-refractivity contribution in [3.05, 3.63) is 59.0 Å². The average Bonchev–Trinajstić information content (AvgIpc) is 2.98. The van der Waals surface area contributed by atoms with E-state index in [0.717, 1.165) is 0 Å². The molecule has 1 aromatic heterocycles. The van der Waals surface area contributed by atoms with Crippen molar-refractivity contribution in [3.8, 4) is 0 Å². The molecule has 108 valence electrons. The number of carbonyl (C=O) groups excluding carboxylic acids is 2. The van der Waals surface area contributed by atoms with Crippen LogP contribution in [0.15, 0.2) is 52.2 Å². The molecule has 2 amide bonds. The Labute approximate surface area is 125 Å². The van der Waals surface area contributed by atoms with E-state index in [0.29, 0.717) is 16.3 Å². The van der Waals surface area contributed by atoms with Gasteiger partial charge in [-0.05, 0) is 24.3 Å². The number of furan rings is 1. The smallest absolute Gasteiger partial charge is 0.259 e. The molecule has 0 aliphatic heterocycles. The van der Waals surface area contributed by atoms with E-state index in [-0.39, 0.29) is 6.54 Å². The van der Waals surface area contributed by atoms with Crippen molar-refractivity contribution in [2.24, 2.45) is 5.10 Å². The Morgan fingerprint density at radius 3 is 2.76 bits per heavy atom. The van der Waals surface area contributed by atoms with Gasteiger partial charge < -0.3 is 9.73 Å². The highest BCUT2D eigenvalue weighted by molar-refractivity contribution is 6.33. The van der Waals surface area contributed by atoms with E-state index in [2.05, 4.69) is 15.8 Å². The minimum atomic E-state index is -0.460. The van der Waals surface area contributed by atoms with Crippen molar-refractivity contribution in [2.45, 2.75) is 0 Å². The molecule has 0 bridgehead atoms. The number of halogens is 1. The van der Waals surface area contributed by atoms with Gasteiger partial charge in [0.2, 0.25) is 0 Å². The lowest BCUT2D eigenvalue weighted by molar-refractivity contribution is -0.120. The number of amides is 2. The molecule has 2 aromatic rings. The van der Waals surface area contributed by atoms with Crippen LogP contribution in [0.2, 0.25) is 5.02 Å². The second-order valence-corrected chi connectivity index (χ2v) is 4.38. The van der Waals surface area contributed by atoms with E-state index in [4.69, 9.17) is 16.0 Å². The topological polar surface area (TPSA) is 83.7 Å². The molecular formula is C14H12ClN3O3. The summed E-state index contributed by atoms with van der Waals surface area (Å²) in [6, 6.07) is 9.97. The molecule has 7 heteroatoms. The van der Waals surface area contributed by atoms with Crippen molar-refractivity contribution in [3.63, 3.8) is 0 Å². The molecule has 0 atom stereocenters. The number of benzene rings is 1. The number of nitrogens with one attached hydrogen (secondary N) is 2. The summed E-state index contributed by atoms with van der Waals surface area (Å²) in [4.78, 5) is 23.3. The highest BCUT2D eigenvalue weighted by Gasteiger charge is 2.10. The van der Waals surface area contributed by atoms with Gasteiger partial charge in [-0.2, -0.15) is 5.10 Å². The predicted octanol–water partition coefficient (Wildman–Crippen LogP) is 1.81. The first-order chi connectivity index (χ1) is 10.2. The first kappa shape index (κ1) is 14.8. The molecule has 0 spiro atoms. The molecule has 0 radical (unpaired) electrons. The SMILES string of the molecule is O=C(CNC(=O)c1ccccc1Cl)N/N=C/c1ccco1. The minimum absolute atomic E-state index is 0.209. The number of hydrogen-bond acceptors (Lipinski definition) is 4. The van der Waals surface area contributed by atoms with Gasteiger partial charge in [0.15, 0.2) is 0 Å². The second kappa shape index (κ2) is 7.25. The summed E-state index contributed by atoms with van der Waals surface area (Å²) in [7, 11) is 0. The van der Waals surface area contributed by atoms with Gasteiger partial charge in [-0.1, -0.05) is 23.7 Å². The Balaban J connectivity index is 1.79. The van der Waals surface area contributed by atoms with E-state index in [1.165, 1.54) is 12.5 Å². The number of nitrogens with zero attached hydrogens (tertiary/aromatic N) is 1. The first-order valence-corrected chi connectivity index (χ1v) is 6.43. The molecule has 1 heterocycles. The maximum absolute atomic E-state index is 11.8. The van der Waals surface area contributed by atoms with Crippen LogP contribution >= 0.6 is 11.6 Å². The number of rotatable bonds is 5. The van der Waals surface area contributed by atoms with Gasteiger partial charge in [0.25, 0.3) is 11.8 Å². The van der Waals surface area contributed by atoms with Crippen molar-refractivity contribution < 1.29 is 14.0 Å². The van der Waals surface area contributed by atoms with Gasteiger partial charge in [0, 0.05) is 0 Å². The Bertz CT molecular complexity index is 653. The zero-order chi connectivity index (χ0) is 15.1. The van der Waals surface area contributed by atoms with Gasteiger partial charge in [0.1, 0.15) is 5.76 Å². The molecule has 0 saturated heterocycles. The fourth-order valence-corrected chi connectivity index (χ4v) is 1.69. The van der Waals surface area contributed by atoms with Crippen molar-refractivity contribution >= 4 is 29.6 Å². The first-order valence-electron chi connectivity index (χ1n) is 6.05. The summed E-state index contributed by atoms with van der Waals surface area (Å²) in [5.41, 5.74) is 2.58. The van der Waals surface area contributed by atoms with Gasteiger partial charge in [-0.3, -0.25) is 9.59 Å². The lowest BCUT2D eigenvalue weighted by Gasteiger charge is -2.05. The van der Waals surface area contributed by atoms with Crippen molar-refractivity contribution in [1.29, 1.82) is 0 Å². The summed E-state index contributed by atoms with van der Waals surface area (Å²) < 4.78 is 5.00. The zero-order valence-corrected chi connectivity index (χ0v) is 11.6. The molecule has 0 aliphatic rings. The quantitative estimate of drug-likeness (QED) is 0.653. The van der Waals surface area contributed by atoms with Crippen LogP contribution in [0, 0.1) is 0 Å². The molecule has 21 heavy (non-hydrogen) atoms. The van der Waals surface area contributed by atoms with Crippen LogP contribution in [-0.2, 0) is 4.79 Å². The van der Waals surface area contributed by atoms with E-state index < -0.39 is 11.8 Å². The number of hydrogen-bond donors (Lipinski definition) is 2.